The topological polar surface area (TPSA) is 83.9 Å². The van der Waals surface area contributed by atoms with E-state index in [0.29, 0.717) is 17.0 Å². The number of rotatable bonds is 3. The van der Waals surface area contributed by atoms with Crippen LogP contribution in [0.2, 0.25) is 0 Å². The molecule has 1 atom stereocenters. The van der Waals surface area contributed by atoms with Crippen LogP contribution in [0.4, 0.5) is 0 Å². The number of aliphatic hydroxyl groups is 1. The van der Waals surface area contributed by atoms with Crippen molar-refractivity contribution in [2.24, 2.45) is 0 Å². The van der Waals surface area contributed by atoms with E-state index in [1.54, 1.807) is 6.20 Å². The van der Waals surface area contributed by atoms with Crippen LogP contribution in [0.5, 0.6) is 6.01 Å². The van der Waals surface area contributed by atoms with Gasteiger partial charge in [0.1, 0.15) is 17.4 Å². The number of imidazole rings is 1. The molecule has 0 saturated carbocycles. The Bertz CT molecular complexity index is 696. The van der Waals surface area contributed by atoms with Crippen LogP contribution in [-0.4, -0.2) is 32.2 Å². The molecular formula is C13H12N4O2. The van der Waals surface area contributed by atoms with Crippen LogP contribution in [0, 0.1) is 0 Å². The van der Waals surface area contributed by atoms with E-state index in [0.717, 1.165) is 5.56 Å². The predicted octanol–water partition coefficient (Wildman–Crippen LogP) is 1.44. The van der Waals surface area contributed by atoms with Gasteiger partial charge in [0.05, 0.1) is 13.3 Å². The fraction of sp³-hybridized carbons (Fsp3) is 0.154. The second-order valence-electron chi connectivity index (χ2n) is 4.03. The third-order valence-corrected chi connectivity index (χ3v) is 2.79. The zero-order valence-corrected chi connectivity index (χ0v) is 10.2. The molecule has 0 aliphatic heterocycles. The number of nitrogens with one attached hydrogen (secondary N) is 1. The van der Waals surface area contributed by atoms with Gasteiger partial charge in [-0.3, -0.25) is 0 Å². The van der Waals surface area contributed by atoms with Gasteiger partial charge in [-0.15, -0.1) is 0 Å². The Kier molecular flexibility index (Phi) is 2.85. The minimum atomic E-state index is -0.818. The minimum absolute atomic E-state index is 0.250. The number of H-pyrrole nitrogens is 1. The van der Waals surface area contributed by atoms with Crippen LogP contribution in [0.3, 0.4) is 0 Å². The van der Waals surface area contributed by atoms with Crippen molar-refractivity contribution in [3.05, 3.63) is 47.9 Å². The molecule has 1 unspecified atom stereocenters. The van der Waals surface area contributed by atoms with Crippen molar-refractivity contribution in [3.63, 3.8) is 0 Å². The van der Waals surface area contributed by atoms with Crippen molar-refractivity contribution in [2.45, 2.75) is 6.10 Å². The maximum atomic E-state index is 10.2. The summed E-state index contributed by atoms with van der Waals surface area (Å²) in [5.74, 6) is 0.434. The maximum absolute atomic E-state index is 10.2. The third kappa shape index (κ3) is 2.13. The molecule has 0 spiro atoms. The zero-order valence-electron chi connectivity index (χ0n) is 10.2. The van der Waals surface area contributed by atoms with Crippen molar-refractivity contribution in [1.29, 1.82) is 0 Å². The maximum Gasteiger partial charge on any atom is 0.318 e. The third-order valence-electron chi connectivity index (χ3n) is 2.79. The van der Waals surface area contributed by atoms with Crippen molar-refractivity contribution in [2.75, 3.05) is 7.11 Å². The Hall–Kier alpha value is -2.47. The quantitative estimate of drug-likeness (QED) is 0.740. The lowest BCUT2D eigenvalue weighted by Crippen LogP contribution is -2.01. The molecule has 2 aromatic heterocycles. The smallest absolute Gasteiger partial charge is 0.318 e. The van der Waals surface area contributed by atoms with E-state index >= 15 is 0 Å². The van der Waals surface area contributed by atoms with Gasteiger partial charge in [0, 0.05) is 0 Å². The van der Waals surface area contributed by atoms with Gasteiger partial charge in [-0.05, 0) is 5.56 Å². The Morgan fingerprint density at radius 1 is 1.21 bits per heavy atom. The minimum Gasteiger partial charge on any atom is -0.467 e. The molecule has 0 fully saturated rings. The highest BCUT2D eigenvalue weighted by Crippen LogP contribution is 2.21. The Balaban J connectivity index is 2.01. The molecule has 19 heavy (non-hydrogen) atoms. The summed E-state index contributed by atoms with van der Waals surface area (Å²) < 4.78 is 4.94. The molecule has 2 N–H and O–H groups in total. The van der Waals surface area contributed by atoms with E-state index in [4.69, 9.17) is 4.74 Å². The lowest BCUT2D eigenvalue weighted by atomic mass is 10.1. The van der Waals surface area contributed by atoms with Crippen LogP contribution in [0.1, 0.15) is 17.5 Å². The molecule has 6 nitrogen and oxygen atoms in total. The van der Waals surface area contributed by atoms with Crippen LogP contribution in [0.25, 0.3) is 11.2 Å². The number of fused-ring (bicyclic) bond motifs is 1. The molecule has 0 aliphatic carbocycles. The first kappa shape index (κ1) is 11.6. The van der Waals surface area contributed by atoms with Gasteiger partial charge in [-0.25, -0.2) is 9.97 Å². The molecule has 0 radical (unpaired) electrons. The average molecular weight is 256 g/mol. The molecule has 3 aromatic rings. The van der Waals surface area contributed by atoms with Gasteiger partial charge in [0.25, 0.3) is 0 Å². The number of methoxy groups -OCH3 is 1. The van der Waals surface area contributed by atoms with Gasteiger partial charge in [-0.1, -0.05) is 30.3 Å². The molecular weight excluding hydrogens is 244 g/mol. The van der Waals surface area contributed by atoms with Gasteiger partial charge in [0.15, 0.2) is 5.65 Å². The summed E-state index contributed by atoms with van der Waals surface area (Å²) in [6.45, 7) is 0. The lowest BCUT2D eigenvalue weighted by Gasteiger charge is -2.06. The zero-order chi connectivity index (χ0) is 13.2. The van der Waals surface area contributed by atoms with Crippen molar-refractivity contribution in [3.8, 4) is 6.01 Å². The van der Waals surface area contributed by atoms with Gasteiger partial charge >= 0.3 is 6.01 Å². The van der Waals surface area contributed by atoms with Gasteiger partial charge < -0.3 is 14.8 Å². The molecule has 96 valence electrons. The molecule has 2 heterocycles. The average Bonchev–Trinajstić information content (AvgIpc) is 2.90. The Labute approximate surface area is 109 Å². The molecule has 3 rings (SSSR count). The number of hydrogen-bond donors (Lipinski definition) is 2. The molecule has 0 aliphatic rings. The highest BCUT2D eigenvalue weighted by atomic mass is 16.5. The van der Waals surface area contributed by atoms with Crippen LogP contribution >= 0.6 is 0 Å². The second-order valence-corrected chi connectivity index (χ2v) is 4.03. The normalized spacial score (nSPS) is 12.5. The second kappa shape index (κ2) is 4.66. The summed E-state index contributed by atoms with van der Waals surface area (Å²) in [4.78, 5) is 15.4. The first-order valence-electron chi connectivity index (χ1n) is 5.77. The molecule has 6 heteroatoms. The van der Waals surface area contributed by atoms with E-state index in [9.17, 15) is 5.11 Å². The summed E-state index contributed by atoms with van der Waals surface area (Å²) in [5, 5.41) is 10.2. The Morgan fingerprint density at radius 3 is 2.74 bits per heavy atom. The van der Waals surface area contributed by atoms with E-state index in [-0.39, 0.29) is 6.01 Å². The van der Waals surface area contributed by atoms with Crippen molar-refractivity contribution in [1.82, 2.24) is 19.9 Å². The van der Waals surface area contributed by atoms with Gasteiger partial charge in [-0.2, -0.15) is 4.98 Å². The lowest BCUT2D eigenvalue weighted by molar-refractivity contribution is 0.211. The number of aromatic amines is 1. The Morgan fingerprint density at radius 2 is 2.00 bits per heavy atom. The summed E-state index contributed by atoms with van der Waals surface area (Å²) >= 11 is 0. The van der Waals surface area contributed by atoms with Crippen molar-refractivity contribution < 1.29 is 9.84 Å². The number of benzene rings is 1. The summed E-state index contributed by atoms with van der Waals surface area (Å²) in [6, 6.07) is 9.55. The SMILES string of the molecule is COc1ncc2[nH]c(C(O)c3ccccc3)nc2n1. The van der Waals surface area contributed by atoms with E-state index in [1.165, 1.54) is 7.11 Å². The highest BCUT2D eigenvalue weighted by molar-refractivity contribution is 5.69. The number of ether oxygens (including phenoxy) is 1. The first-order valence-corrected chi connectivity index (χ1v) is 5.77. The molecule has 0 amide bonds. The molecule has 0 saturated heterocycles. The van der Waals surface area contributed by atoms with Gasteiger partial charge in [0.2, 0.25) is 0 Å². The summed E-state index contributed by atoms with van der Waals surface area (Å²) in [6.07, 6.45) is 0.761. The summed E-state index contributed by atoms with van der Waals surface area (Å²) in [7, 11) is 1.49. The fourth-order valence-corrected chi connectivity index (χ4v) is 1.83. The van der Waals surface area contributed by atoms with E-state index in [1.807, 2.05) is 30.3 Å². The van der Waals surface area contributed by atoms with Crippen LogP contribution in [0.15, 0.2) is 36.5 Å². The number of hydrogen-bond acceptors (Lipinski definition) is 5. The number of aliphatic hydroxyl groups excluding tert-OH is 1. The van der Waals surface area contributed by atoms with Crippen molar-refractivity contribution >= 4 is 11.2 Å². The monoisotopic (exact) mass is 256 g/mol. The molecule has 0 bridgehead atoms. The molecule has 1 aromatic carbocycles. The van der Waals surface area contributed by atoms with Crippen LogP contribution in [-0.2, 0) is 0 Å². The predicted molar refractivity (Wildman–Crippen MR) is 68.7 cm³/mol. The van der Waals surface area contributed by atoms with E-state index in [2.05, 4.69) is 19.9 Å². The largest absolute Gasteiger partial charge is 0.467 e. The standard InChI is InChI=1S/C13H12N4O2/c1-19-13-14-7-9-11(17-13)16-12(15-9)10(18)8-5-3-2-4-6-8/h2-7,10,18H,1H3,(H,14,15,16,17). The summed E-state index contributed by atoms with van der Waals surface area (Å²) in [5.41, 5.74) is 1.89. The first-order chi connectivity index (χ1) is 9.28. The van der Waals surface area contributed by atoms with Crippen LogP contribution < -0.4 is 4.74 Å². The number of aromatic nitrogens is 4. The fourth-order valence-electron chi connectivity index (χ4n) is 1.83. The van der Waals surface area contributed by atoms with E-state index < -0.39 is 6.10 Å². The number of nitrogens with zero attached hydrogens (tertiary/aromatic N) is 3. The highest BCUT2D eigenvalue weighted by Gasteiger charge is 2.15.